The maximum Gasteiger partial charge on any atom is 0.336 e. The molecule has 1 aromatic carbocycles. The number of hydrogen-bond acceptors (Lipinski definition) is 5. The van der Waals surface area contributed by atoms with E-state index < -0.39 is 5.97 Å². The molecule has 6 heteroatoms. The van der Waals surface area contributed by atoms with Crippen LogP contribution in [0.25, 0.3) is 22.8 Å². The number of hydrogen-bond donors (Lipinski definition) is 1. The number of rotatable bonds is 3. The third-order valence-corrected chi connectivity index (χ3v) is 3.08. The minimum atomic E-state index is -1.04. The fourth-order valence-electron chi connectivity index (χ4n) is 2.02. The summed E-state index contributed by atoms with van der Waals surface area (Å²) in [4.78, 5) is 19.5. The van der Waals surface area contributed by atoms with Gasteiger partial charge in [-0.05, 0) is 30.7 Å². The molecule has 0 radical (unpaired) electrons. The molecule has 1 N–H and O–H groups in total. The summed E-state index contributed by atoms with van der Waals surface area (Å²) >= 11 is 0. The van der Waals surface area contributed by atoms with E-state index in [9.17, 15) is 9.90 Å². The van der Waals surface area contributed by atoms with Gasteiger partial charge in [-0.1, -0.05) is 17.3 Å². The van der Waals surface area contributed by atoms with Gasteiger partial charge in [0.05, 0.1) is 11.1 Å². The molecule has 3 aromatic rings. The Bertz CT molecular complexity index is 811. The Morgan fingerprint density at radius 3 is 2.76 bits per heavy atom. The van der Waals surface area contributed by atoms with Crippen LogP contribution in [0.2, 0.25) is 0 Å². The zero-order valence-corrected chi connectivity index (χ0v) is 11.1. The standard InChI is InChI=1S/C15H11N3O3/c1-9-8-16-7-6-10(9)13-17-14(21-18-13)11-4-2-3-5-12(11)15(19)20/h2-8H,1H3,(H,19,20). The van der Waals surface area contributed by atoms with Crippen molar-refractivity contribution in [2.24, 2.45) is 0 Å². The second-order valence-corrected chi connectivity index (χ2v) is 4.46. The van der Waals surface area contributed by atoms with Gasteiger partial charge in [-0.3, -0.25) is 4.98 Å². The highest BCUT2D eigenvalue weighted by Crippen LogP contribution is 2.26. The van der Waals surface area contributed by atoms with E-state index in [4.69, 9.17) is 4.52 Å². The zero-order valence-electron chi connectivity index (χ0n) is 11.1. The highest BCUT2D eigenvalue weighted by atomic mass is 16.5. The van der Waals surface area contributed by atoms with Crippen LogP contribution >= 0.6 is 0 Å². The van der Waals surface area contributed by atoms with Crippen molar-refractivity contribution in [3.05, 3.63) is 53.9 Å². The van der Waals surface area contributed by atoms with E-state index in [0.717, 1.165) is 11.1 Å². The van der Waals surface area contributed by atoms with E-state index in [1.807, 2.05) is 6.92 Å². The van der Waals surface area contributed by atoms with Crippen LogP contribution in [0, 0.1) is 6.92 Å². The van der Waals surface area contributed by atoms with Crippen LogP contribution in [0.15, 0.2) is 47.2 Å². The number of pyridine rings is 1. The number of carbonyl (C=O) groups is 1. The number of aryl methyl sites for hydroxylation is 1. The molecule has 0 bridgehead atoms. The molecule has 2 heterocycles. The molecular formula is C15H11N3O3. The molecule has 0 aliphatic rings. The SMILES string of the molecule is Cc1cnccc1-c1noc(-c2ccccc2C(=O)O)n1. The molecule has 104 valence electrons. The largest absolute Gasteiger partial charge is 0.478 e. The smallest absolute Gasteiger partial charge is 0.336 e. The molecule has 0 aliphatic heterocycles. The minimum Gasteiger partial charge on any atom is -0.478 e. The quantitative estimate of drug-likeness (QED) is 0.794. The van der Waals surface area contributed by atoms with Crippen LogP contribution in [-0.2, 0) is 0 Å². The summed E-state index contributed by atoms with van der Waals surface area (Å²) in [5, 5.41) is 13.1. The molecule has 2 aromatic heterocycles. The first-order chi connectivity index (χ1) is 10.2. The van der Waals surface area contributed by atoms with Gasteiger partial charge in [-0.2, -0.15) is 4.98 Å². The lowest BCUT2D eigenvalue weighted by Crippen LogP contribution is -1.99. The van der Waals surface area contributed by atoms with Gasteiger partial charge in [0.1, 0.15) is 0 Å². The number of aromatic nitrogens is 3. The first kappa shape index (κ1) is 13.0. The van der Waals surface area contributed by atoms with E-state index in [-0.39, 0.29) is 11.5 Å². The molecule has 0 saturated carbocycles. The van der Waals surface area contributed by atoms with E-state index in [1.54, 1.807) is 36.7 Å². The fraction of sp³-hybridized carbons (Fsp3) is 0.0667. The Morgan fingerprint density at radius 2 is 2.00 bits per heavy atom. The average Bonchev–Trinajstić information content (AvgIpc) is 2.97. The van der Waals surface area contributed by atoms with Crippen molar-refractivity contribution >= 4 is 5.97 Å². The predicted octanol–water partition coefficient (Wildman–Crippen LogP) is 2.81. The number of carboxylic acid groups (broad SMARTS) is 1. The third-order valence-electron chi connectivity index (χ3n) is 3.08. The summed E-state index contributed by atoms with van der Waals surface area (Å²) in [5.74, 6) is -0.449. The predicted molar refractivity (Wildman–Crippen MR) is 74.7 cm³/mol. The normalized spacial score (nSPS) is 10.5. The maximum atomic E-state index is 11.2. The fourth-order valence-corrected chi connectivity index (χ4v) is 2.02. The minimum absolute atomic E-state index is 0.124. The van der Waals surface area contributed by atoms with Crippen LogP contribution in [0.5, 0.6) is 0 Å². The highest BCUT2D eigenvalue weighted by Gasteiger charge is 2.17. The zero-order chi connectivity index (χ0) is 14.8. The topological polar surface area (TPSA) is 89.1 Å². The summed E-state index contributed by atoms with van der Waals surface area (Å²) < 4.78 is 5.21. The van der Waals surface area contributed by atoms with Gasteiger partial charge < -0.3 is 9.63 Å². The first-order valence-electron chi connectivity index (χ1n) is 6.24. The summed E-state index contributed by atoms with van der Waals surface area (Å²) in [6, 6.07) is 8.30. The molecule has 0 aliphatic carbocycles. The number of nitrogens with zero attached hydrogens (tertiary/aromatic N) is 3. The van der Waals surface area contributed by atoms with Crippen molar-refractivity contribution in [1.82, 2.24) is 15.1 Å². The second kappa shape index (κ2) is 5.16. The molecule has 0 atom stereocenters. The second-order valence-electron chi connectivity index (χ2n) is 4.46. The van der Waals surface area contributed by atoms with E-state index in [0.29, 0.717) is 11.4 Å². The van der Waals surface area contributed by atoms with Crippen LogP contribution < -0.4 is 0 Å². The van der Waals surface area contributed by atoms with Crippen molar-refractivity contribution in [2.75, 3.05) is 0 Å². The van der Waals surface area contributed by atoms with Crippen molar-refractivity contribution in [3.8, 4) is 22.8 Å². The Morgan fingerprint density at radius 1 is 1.19 bits per heavy atom. The summed E-state index contributed by atoms with van der Waals surface area (Å²) in [7, 11) is 0. The van der Waals surface area contributed by atoms with E-state index >= 15 is 0 Å². The van der Waals surface area contributed by atoms with E-state index in [2.05, 4.69) is 15.1 Å². The van der Waals surface area contributed by atoms with Crippen LogP contribution in [-0.4, -0.2) is 26.2 Å². The summed E-state index contributed by atoms with van der Waals surface area (Å²) in [5.41, 5.74) is 2.23. The third kappa shape index (κ3) is 2.38. The Labute approximate surface area is 120 Å². The summed E-state index contributed by atoms with van der Waals surface area (Å²) in [6.07, 6.45) is 3.35. The monoisotopic (exact) mass is 281 g/mol. The van der Waals surface area contributed by atoms with Crippen molar-refractivity contribution in [3.63, 3.8) is 0 Å². The molecule has 0 amide bonds. The molecule has 0 unspecified atom stereocenters. The molecule has 0 spiro atoms. The average molecular weight is 281 g/mol. The Balaban J connectivity index is 2.08. The van der Waals surface area contributed by atoms with Gasteiger partial charge in [0.25, 0.3) is 5.89 Å². The van der Waals surface area contributed by atoms with Gasteiger partial charge in [-0.15, -0.1) is 0 Å². The van der Waals surface area contributed by atoms with Crippen LogP contribution in [0.4, 0.5) is 0 Å². The van der Waals surface area contributed by atoms with Gasteiger partial charge in [0, 0.05) is 18.0 Å². The lowest BCUT2D eigenvalue weighted by molar-refractivity contribution is 0.0697. The molecular weight excluding hydrogens is 270 g/mol. The van der Waals surface area contributed by atoms with E-state index in [1.165, 1.54) is 6.07 Å². The molecule has 3 rings (SSSR count). The van der Waals surface area contributed by atoms with Crippen molar-refractivity contribution < 1.29 is 14.4 Å². The van der Waals surface area contributed by atoms with Crippen LogP contribution in [0.1, 0.15) is 15.9 Å². The summed E-state index contributed by atoms with van der Waals surface area (Å²) in [6.45, 7) is 1.89. The lowest BCUT2D eigenvalue weighted by Gasteiger charge is -2.00. The van der Waals surface area contributed by atoms with Crippen molar-refractivity contribution in [1.29, 1.82) is 0 Å². The van der Waals surface area contributed by atoms with Gasteiger partial charge in [0.15, 0.2) is 0 Å². The maximum absolute atomic E-state index is 11.2. The van der Waals surface area contributed by atoms with Gasteiger partial charge in [0.2, 0.25) is 5.82 Å². The molecule has 6 nitrogen and oxygen atoms in total. The Hall–Kier alpha value is -3.02. The van der Waals surface area contributed by atoms with Gasteiger partial charge >= 0.3 is 5.97 Å². The Kier molecular flexibility index (Phi) is 3.19. The van der Waals surface area contributed by atoms with Gasteiger partial charge in [-0.25, -0.2) is 4.79 Å². The first-order valence-corrected chi connectivity index (χ1v) is 6.24. The number of benzene rings is 1. The molecule has 21 heavy (non-hydrogen) atoms. The van der Waals surface area contributed by atoms with Crippen LogP contribution in [0.3, 0.4) is 0 Å². The number of aromatic carboxylic acids is 1. The number of carboxylic acids is 1. The van der Waals surface area contributed by atoms with Crippen molar-refractivity contribution in [2.45, 2.75) is 6.92 Å². The molecule has 0 fully saturated rings. The highest BCUT2D eigenvalue weighted by molar-refractivity contribution is 5.94. The lowest BCUT2D eigenvalue weighted by atomic mass is 10.1. The molecule has 0 saturated heterocycles.